The smallest absolute Gasteiger partial charge is 0.273 e. The number of nitrogens with one attached hydrogen (secondary N) is 3. The van der Waals surface area contributed by atoms with E-state index >= 15 is 0 Å². The van der Waals surface area contributed by atoms with Crippen LogP contribution in [0.5, 0.6) is 5.75 Å². The Hall–Kier alpha value is -2.93. The summed E-state index contributed by atoms with van der Waals surface area (Å²) in [5.74, 6) is -1.12. The third-order valence-corrected chi connectivity index (χ3v) is 3.88. The Morgan fingerprint density at radius 1 is 0.923 bits per heavy atom. The van der Waals surface area contributed by atoms with Gasteiger partial charge in [-0.1, -0.05) is 45.0 Å². The maximum atomic E-state index is 12.2. The number of amides is 2. The summed E-state index contributed by atoms with van der Waals surface area (Å²) >= 11 is 5.00. The van der Waals surface area contributed by atoms with Gasteiger partial charge >= 0.3 is 0 Å². The van der Waals surface area contributed by atoms with E-state index in [1.54, 1.807) is 24.3 Å². The van der Waals surface area contributed by atoms with Gasteiger partial charge in [0.1, 0.15) is 5.75 Å². The second-order valence-electron chi connectivity index (χ2n) is 6.71. The highest BCUT2D eigenvalue weighted by Crippen LogP contribution is 2.22. The lowest BCUT2D eigenvalue weighted by Crippen LogP contribution is -2.48. The second kappa shape index (κ2) is 7.97. The van der Waals surface area contributed by atoms with Crippen molar-refractivity contribution in [3.63, 3.8) is 0 Å². The molecule has 0 saturated heterocycles. The number of carbonyl (C=O) groups is 2. The molecule has 0 heterocycles. The molecular formula is C19H21N3O3S. The van der Waals surface area contributed by atoms with Gasteiger partial charge in [-0.15, -0.1) is 0 Å². The minimum atomic E-state index is -0.575. The molecule has 2 amide bonds. The van der Waals surface area contributed by atoms with Crippen molar-refractivity contribution in [1.82, 2.24) is 16.2 Å². The van der Waals surface area contributed by atoms with Crippen molar-refractivity contribution in [2.45, 2.75) is 26.2 Å². The van der Waals surface area contributed by atoms with Gasteiger partial charge in [0.25, 0.3) is 11.8 Å². The molecule has 0 aliphatic heterocycles. The number of para-hydroxylation sites is 1. The summed E-state index contributed by atoms with van der Waals surface area (Å²) in [6.45, 7) is 6.27. The molecule has 2 aromatic rings. The van der Waals surface area contributed by atoms with Crippen LogP contribution in [0, 0.1) is 0 Å². The van der Waals surface area contributed by atoms with Crippen LogP contribution in [0.1, 0.15) is 47.1 Å². The Morgan fingerprint density at radius 2 is 1.54 bits per heavy atom. The average Bonchev–Trinajstić information content (AvgIpc) is 2.59. The van der Waals surface area contributed by atoms with Crippen LogP contribution in [0.4, 0.5) is 0 Å². The molecule has 0 bridgehead atoms. The van der Waals surface area contributed by atoms with Crippen molar-refractivity contribution < 1.29 is 14.7 Å². The quantitative estimate of drug-likeness (QED) is 0.481. The SMILES string of the molecule is CC(C)(C)c1ccc(C(=O)NC(=S)NNC(=O)c2ccccc2O)cc1. The van der Waals surface area contributed by atoms with Crippen LogP contribution in [0.15, 0.2) is 48.5 Å². The first kappa shape index (κ1) is 19.4. The molecule has 0 radical (unpaired) electrons. The van der Waals surface area contributed by atoms with Gasteiger partial charge in [0.15, 0.2) is 5.11 Å². The topological polar surface area (TPSA) is 90.5 Å². The van der Waals surface area contributed by atoms with E-state index < -0.39 is 5.91 Å². The predicted molar refractivity (Wildman–Crippen MR) is 104 cm³/mol. The highest BCUT2D eigenvalue weighted by atomic mass is 32.1. The first-order chi connectivity index (χ1) is 12.2. The summed E-state index contributed by atoms with van der Waals surface area (Å²) in [5.41, 5.74) is 6.41. The minimum Gasteiger partial charge on any atom is -0.507 e. The summed E-state index contributed by atoms with van der Waals surface area (Å²) in [4.78, 5) is 24.1. The number of benzene rings is 2. The molecular weight excluding hydrogens is 350 g/mol. The fourth-order valence-corrected chi connectivity index (χ4v) is 2.32. The molecule has 6 nitrogen and oxygen atoms in total. The fourth-order valence-electron chi connectivity index (χ4n) is 2.17. The second-order valence-corrected chi connectivity index (χ2v) is 7.12. The number of phenolic OH excluding ortho intramolecular Hbond substituents is 1. The summed E-state index contributed by atoms with van der Waals surface area (Å²) in [6, 6.07) is 13.3. The Morgan fingerprint density at radius 3 is 2.12 bits per heavy atom. The maximum absolute atomic E-state index is 12.2. The van der Waals surface area contributed by atoms with Crippen molar-refractivity contribution in [1.29, 1.82) is 0 Å². The van der Waals surface area contributed by atoms with Crippen molar-refractivity contribution in [2.75, 3.05) is 0 Å². The molecule has 0 fully saturated rings. The molecule has 0 saturated carbocycles. The molecule has 7 heteroatoms. The zero-order valence-electron chi connectivity index (χ0n) is 14.8. The lowest BCUT2D eigenvalue weighted by atomic mass is 9.87. The monoisotopic (exact) mass is 371 g/mol. The van der Waals surface area contributed by atoms with E-state index in [-0.39, 0.29) is 27.7 Å². The lowest BCUT2D eigenvalue weighted by Gasteiger charge is -2.19. The number of hydrogen-bond acceptors (Lipinski definition) is 4. The molecule has 0 atom stereocenters. The molecule has 0 unspecified atom stereocenters. The molecule has 136 valence electrons. The van der Waals surface area contributed by atoms with Crippen molar-refractivity contribution in [3.05, 3.63) is 65.2 Å². The lowest BCUT2D eigenvalue weighted by molar-refractivity contribution is 0.0932. The van der Waals surface area contributed by atoms with E-state index in [0.29, 0.717) is 5.56 Å². The summed E-state index contributed by atoms with van der Waals surface area (Å²) < 4.78 is 0. The Balaban J connectivity index is 1.90. The molecule has 2 aromatic carbocycles. The van der Waals surface area contributed by atoms with Crippen molar-refractivity contribution in [2.24, 2.45) is 0 Å². The highest BCUT2D eigenvalue weighted by molar-refractivity contribution is 7.80. The zero-order chi connectivity index (χ0) is 19.3. The molecule has 0 spiro atoms. The highest BCUT2D eigenvalue weighted by Gasteiger charge is 2.15. The predicted octanol–water partition coefficient (Wildman–Crippen LogP) is 2.64. The first-order valence-corrected chi connectivity index (χ1v) is 8.39. The number of rotatable bonds is 2. The molecule has 2 rings (SSSR count). The first-order valence-electron chi connectivity index (χ1n) is 7.98. The van der Waals surface area contributed by atoms with Gasteiger partial charge < -0.3 is 5.11 Å². The van der Waals surface area contributed by atoms with Gasteiger partial charge in [0.05, 0.1) is 5.56 Å². The number of aromatic hydroxyl groups is 1. The van der Waals surface area contributed by atoms with E-state index in [0.717, 1.165) is 5.56 Å². The largest absolute Gasteiger partial charge is 0.507 e. The summed E-state index contributed by atoms with van der Waals surface area (Å²) in [5, 5.41) is 12.1. The van der Waals surface area contributed by atoms with Crippen LogP contribution >= 0.6 is 12.2 Å². The average molecular weight is 371 g/mol. The Kier molecular flexibility index (Phi) is 5.94. The van der Waals surface area contributed by atoms with Gasteiger partial charge in [0, 0.05) is 5.56 Å². The number of thiocarbonyl (C=S) groups is 1. The van der Waals surface area contributed by atoms with Crippen LogP contribution in [0.2, 0.25) is 0 Å². The zero-order valence-corrected chi connectivity index (χ0v) is 15.6. The van der Waals surface area contributed by atoms with Crippen LogP contribution in [-0.2, 0) is 5.41 Å². The van der Waals surface area contributed by atoms with Gasteiger partial charge in [0.2, 0.25) is 0 Å². The maximum Gasteiger partial charge on any atom is 0.273 e. The van der Waals surface area contributed by atoms with Gasteiger partial charge in [-0.25, -0.2) is 0 Å². The van der Waals surface area contributed by atoms with E-state index in [4.69, 9.17) is 12.2 Å². The molecule has 4 N–H and O–H groups in total. The molecule has 0 aliphatic carbocycles. The van der Waals surface area contributed by atoms with Gasteiger partial charge in [-0.2, -0.15) is 0 Å². The Bertz CT molecular complexity index is 827. The van der Waals surface area contributed by atoms with E-state index in [2.05, 4.69) is 36.9 Å². The fraction of sp³-hybridized carbons (Fsp3) is 0.211. The van der Waals surface area contributed by atoms with E-state index in [9.17, 15) is 14.7 Å². The van der Waals surface area contributed by atoms with Crippen LogP contribution in [0.25, 0.3) is 0 Å². The van der Waals surface area contributed by atoms with Crippen LogP contribution < -0.4 is 16.2 Å². The molecule has 0 aromatic heterocycles. The third kappa shape index (κ3) is 5.03. The normalized spacial score (nSPS) is 10.7. The number of hydrogen-bond donors (Lipinski definition) is 4. The number of hydrazine groups is 1. The van der Waals surface area contributed by atoms with Gasteiger partial charge in [-0.05, 0) is 47.5 Å². The molecule has 26 heavy (non-hydrogen) atoms. The molecule has 0 aliphatic rings. The third-order valence-electron chi connectivity index (χ3n) is 3.68. The number of phenols is 1. The summed E-state index contributed by atoms with van der Waals surface area (Å²) in [7, 11) is 0. The van der Waals surface area contributed by atoms with E-state index in [1.165, 1.54) is 12.1 Å². The van der Waals surface area contributed by atoms with Crippen LogP contribution in [0.3, 0.4) is 0 Å². The number of carbonyl (C=O) groups excluding carboxylic acids is 2. The standard InChI is InChI=1S/C19H21N3O3S/c1-19(2,3)13-10-8-12(9-11-13)16(24)20-18(26)22-21-17(25)14-6-4-5-7-15(14)23/h4-11,23H,1-3H3,(H,21,25)(H2,20,22,24,26). The van der Waals surface area contributed by atoms with Crippen molar-refractivity contribution >= 4 is 29.1 Å². The van der Waals surface area contributed by atoms with Crippen molar-refractivity contribution in [3.8, 4) is 5.75 Å². The van der Waals surface area contributed by atoms with E-state index in [1.807, 2.05) is 12.1 Å². The minimum absolute atomic E-state index is 0.000851. The Labute approximate surface area is 157 Å². The van der Waals surface area contributed by atoms with Crippen LogP contribution in [-0.4, -0.2) is 22.0 Å². The summed E-state index contributed by atoms with van der Waals surface area (Å²) in [6.07, 6.45) is 0. The van der Waals surface area contributed by atoms with Gasteiger partial charge in [-0.3, -0.25) is 25.8 Å².